The Morgan fingerprint density at radius 3 is 1.24 bits per heavy atom. The smallest absolute Gasteiger partial charge is 0.379 e. The maximum atomic E-state index is 11.9. The molecule has 0 atom stereocenters. The molecule has 2 aromatic carbocycles. The Balaban J connectivity index is 1.19. The van der Waals surface area contributed by atoms with Crippen molar-refractivity contribution in [3.8, 4) is 5.75 Å². The summed E-state index contributed by atoms with van der Waals surface area (Å²) in [5.41, 5.74) is 1.67. The first kappa shape index (κ1) is 48.2. The molecule has 0 heterocycles. The van der Waals surface area contributed by atoms with Crippen LogP contribution in [0.5, 0.6) is 5.75 Å². The largest absolute Gasteiger partial charge is 0.491 e. The van der Waals surface area contributed by atoms with Gasteiger partial charge in [-0.3, -0.25) is 4.79 Å². The van der Waals surface area contributed by atoms with Gasteiger partial charge in [-0.25, -0.2) is 4.79 Å². The molecule has 13 heteroatoms. The number of esters is 1. The molecule has 0 radical (unpaired) electrons. The third-order valence-corrected chi connectivity index (χ3v) is 7.90. The van der Waals surface area contributed by atoms with Gasteiger partial charge in [0.2, 0.25) is 0 Å². The average Bonchev–Trinajstić information content (AvgIpc) is 3.21. The fourth-order valence-corrected chi connectivity index (χ4v) is 4.91. The van der Waals surface area contributed by atoms with Crippen LogP contribution in [0.25, 0.3) is 0 Å². The zero-order valence-corrected chi connectivity index (χ0v) is 33.1. The standard InChI is InChI=1S/C42H66O13/c1-2-3-4-5-6-8-11-38-14-16-40(17-15-38)54-36-34-52-32-30-50-28-26-48-24-22-46-20-18-45-19-21-47-23-25-49-27-29-51-31-33-53-35-37-55-42(44)41(43)39-12-9-7-10-13-39/h7,9-10,12-17H,2-6,8,11,18-37H2,1H3. The number of rotatable bonds is 40. The summed E-state index contributed by atoms with van der Waals surface area (Å²) in [6.07, 6.45) is 9.05. The van der Waals surface area contributed by atoms with E-state index in [0.717, 1.165) is 12.2 Å². The normalized spacial score (nSPS) is 11.2. The van der Waals surface area contributed by atoms with E-state index in [-0.39, 0.29) is 13.2 Å². The van der Waals surface area contributed by atoms with E-state index in [1.165, 1.54) is 44.1 Å². The van der Waals surface area contributed by atoms with E-state index in [0.29, 0.717) is 124 Å². The van der Waals surface area contributed by atoms with Crippen LogP contribution in [-0.4, -0.2) is 144 Å². The summed E-state index contributed by atoms with van der Waals surface area (Å²) in [5.74, 6) is -0.693. The van der Waals surface area contributed by atoms with Gasteiger partial charge in [0.1, 0.15) is 19.0 Å². The van der Waals surface area contributed by atoms with E-state index < -0.39 is 11.8 Å². The lowest BCUT2D eigenvalue weighted by atomic mass is 10.0. The lowest BCUT2D eigenvalue weighted by Gasteiger charge is -2.09. The number of carbonyl (C=O) groups is 2. The Kier molecular flexibility index (Phi) is 32.1. The van der Waals surface area contributed by atoms with E-state index in [1.54, 1.807) is 30.3 Å². The molecule has 0 aromatic heterocycles. The Hall–Kier alpha value is -2.98. The summed E-state index contributed by atoms with van der Waals surface area (Å²) in [7, 11) is 0. The number of carbonyl (C=O) groups excluding carboxylic acids is 2. The van der Waals surface area contributed by atoms with Gasteiger partial charge in [0.25, 0.3) is 5.78 Å². The summed E-state index contributed by atoms with van der Waals surface area (Å²) < 4.78 is 60.0. The molecule has 0 bridgehead atoms. The lowest BCUT2D eigenvalue weighted by molar-refractivity contribution is -0.139. The van der Waals surface area contributed by atoms with Crippen LogP contribution >= 0.6 is 0 Å². The predicted molar refractivity (Wildman–Crippen MR) is 208 cm³/mol. The second-order valence-electron chi connectivity index (χ2n) is 12.4. The van der Waals surface area contributed by atoms with Crippen molar-refractivity contribution in [1.29, 1.82) is 0 Å². The second kappa shape index (κ2) is 36.6. The van der Waals surface area contributed by atoms with Crippen molar-refractivity contribution >= 4 is 11.8 Å². The maximum Gasteiger partial charge on any atom is 0.379 e. The summed E-state index contributed by atoms with van der Waals surface area (Å²) in [5, 5.41) is 0. The highest BCUT2D eigenvalue weighted by Gasteiger charge is 2.17. The van der Waals surface area contributed by atoms with Crippen molar-refractivity contribution in [2.24, 2.45) is 0 Å². The van der Waals surface area contributed by atoms with Gasteiger partial charge < -0.3 is 52.1 Å². The molecule has 0 aliphatic carbocycles. The Bertz CT molecular complexity index is 1150. The van der Waals surface area contributed by atoms with Crippen molar-refractivity contribution in [1.82, 2.24) is 0 Å². The van der Waals surface area contributed by atoms with E-state index in [9.17, 15) is 9.59 Å². The Labute approximate surface area is 328 Å². The van der Waals surface area contributed by atoms with Gasteiger partial charge in [-0.15, -0.1) is 0 Å². The highest BCUT2D eigenvalue weighted by Crippen LogP contribution is 2.15. The molecule has 0 spiro atoms. The number of hydrogen-bond donors (Lipinski definition) is 0. The van der Waals surface area contributed by atoms with Gasteiger partial charge in [-0.2, -0.15) is 0 Å². The fraction of sp³-hybridized carbons (Fsp3) is 0.667. The first-order valence-corrected chi connectivity index (χ1v) is 19.9. The van der Waals surface area contributed by atoms with Crippen molar-refractivity contribution in [3.63, 3.8) is 0 Å². The van der Waals surface area contributed by atoms with Crippen LogP contribution in [0.15, 0.2) is 54.6 Å². The molecule has 2 aromatic rings. The number of ketones is 1. The average molecular weight is 779 g/mol. The summed E-state index contributed by atoms with van der Waals surface area (Å²) in [6.45, 7) is 10.9. The molecule has 2 rings (SSSR count). The maximum absolute atomic E-state index is 11.9. The molecule has 0 aliphatic rings. The van der Waals surface area contributed by atoms with Gasteiger partial charge in [0.15, 0.2) is 0 Å². The molecule has 0 saturated carbocycles. The fourth-order valence-electron chi connectivity index (χ4n) is 4.91. The van der Waals surface area contributed by atoms with Crippen LogP contribution in [0.2, 0.25) is 0 Å². The number of ether oxygens (including phenoxy) is 11. The molecule has 55 heavy (non-hydrogen) atoms. The molecule has 312 valence electrons. The van der Waals surface area contributed by atoms with Crippen LogP contribution in [0.4, 0.5) is 0 Å². The highest BCUT2D eigenvalue weighted by molar-refractivity contribution is 6.40. The molecular weight excluding hydrogens is 712 g/mol. The number of benzene rings is 2. The van der Waals surface area contributed by atoms with Gasteiger partial charge in [0.05, 0.1) is 119 Å². The minimum Gasteiger partial charge on any atom is -0.491 e. The molecular formula is C42H66O13. The van der Waals surface area contributed by atoms with Crippen molar-refractivity contribution < 1.29 is 61.7 Å². The van der Waals surface area contributed by atoms with E-state index in [4.69, 9.17) is 52.1 Å². The predicted octanol–water partition coefficient (Wildman–Crippen LogP) is 5.54. The quantitative estimate of drug-likeness (QED) is 0.0363. The van der Waals surface area contributed by atoms with E-state index in [1.807, 2.05) is 12.1 Å². The van der Waals surface area contributed by atoms with Gasteiger partial charge in [0, 0.05) is 5.56 Å². The first-order valence-electron chi connectivity index (χ1n) is 19.9. The highest BCUT2D eigenvalue weighted by atomic mass is 16.6. The van der Waals surface area contributed by atoms with Gasteiger partial charge in [-0.05, 0) is 30.5 Å². The zero-order chi connectivity index (χ0) is 39.1. The number of unbranched alkanes of at least 4 members (excludes halogenated alkanes) is 5. The summed E-state index contributed by atoms with van der Waals surface area (Å²) in [6, 6.07) is 16.7. The minimum absolute atomic E-state index is 0.00224. The third-order valence-electron chi connectivity index (χ3n) is 7.90. The lowest BCUT2D eigenvalue weighted by Crippen LogP contribution is -2.20. The number of hydrogen-bond acceptors (Lipinski definition) is 13. The molecule has 0 amide bonds. The van der Waals surface area contributed by atoms with Gasteiger partial charge in [-0.1, -0.05) is 81.5 Å². The SMILES string of the molecule is CCCCCCCCc1ccc(OCCOCCOCCOCCOCCOCCOCCOCCOCCOCCOC(=O)C(=O)c2ccccc2)cc1. The van der Waals surface area contributed by atoms with Crippen molar-refractivity contribution in [2.45, 2.75) is 51.9 Å². The number of Topliss-reactive ketones (excluding diaryl/α,β-unsaturated/α-hetero) is 1. The second-order valence-corrected chi connectivity index (χ2v) is 12.4. The van der Waals surface area contributed by atoms with E-state index in [2.05, 4.69) is 19.1 Å². The van der Waals surface area contributed by atoms with Crippen LogP contribution in [0.1, 0.15) is 61.4 Å². The Morgan fingerprint density at radius 2 is 0.800 bits per heavy atom. The zero-order valence-electron chi connectivity index (χ0n) is 33.1. The third kappa shape index (κ3) is 29.0. The van der Waals surface area contributed by atoms with E-state index >= 15 is 0 Å². The number of aryl methyl sites for hydroxylation is 1. The van der Waals surface area contributed by atoms with Crippen LogP contribution < -0.4 is 4.74 Å². The van der Waals surface area contributed by atoms with Crippen LogP contribution in [0, 0.1) is 0 Å². The van der Waals surface area contributed by atoms with Crippen molar-refractivity contribution in [3.05, 3.63) is 65.7 Å². The molecule has 0 unspecified atom stereocenters. The van der Waals surface area contributed by atoms with Gasteiger partial charge >= 0.3 is 5.97 Å². The molecule has 13 nitrogen and oxygen atoms in total. The first-order chi connectivity index (χ1) is 27.2. The van der Waals surface area contributed by atoms with Crippen LogP contribution in [0.3, 0.4) is 0 Å². The summed E-state index contributed by atoms with van der Waals surface area (Å²) >= 11 is 0. The molecule has 0 aliphatic heterocycles. The Morgan fingerprint density at radius 1 is 0.418 bits per heavy atom. The topological polar surface area (TPSA) is 136 Å². The molecule has 0 saturated heterocycles. The van der Waals surface area contributed by atoms with Crippen LogP contribution in [-0.2, 0) is 58.6 Å². The van der Waals surface area contributed by atoms with Crippen molar-refractivity contribution in [2.75, 3.05) is 132 Å². The minimum atomic E-state index is -0.896. The molecule has 0 N–H and O–H groups in total. The monoisotopic (exact) mass is 778 g/mol. The summed E-state index contributed by atoms with van der Waals surface area (Å²) in [4.78, 5) is 23.7. The molecule has 0 fully saturated rings.